The molecule has 0 heterocycles. The second-order valence-electron chi connectivity index (χ2n) is 6.83. The van der Waals surface area contributed by atoms with Crippen molar-refractivity contribution in [3.05, 3.63) is 64.2 Å². The van der Waals surface area contributed by atoms with Crippen LogP contribution in [0.4, 0.5) is 0 Å². The van der Waals surface area contributed by atoms with Gasteiger partial charge in [-0.3, -0.25) is 4.79 Å². The maximum absolute atomic E-state index is 12.3. The standard InChI is InChI=1S/C22H26ClNO2S/c1-16(26-21-11-5-8-18-7-2-3-10-20(18)21)22(25)24-12-13-27-15-17-6-4-9-19(23)14-17/h4-6,8-9,11,14,16H,2-3,7,10,12-13,15H2,1H3,(H,24,25)/t16-/m1/s1. The number of hydrogen-bond acceptors (Lipinski definition) is 3. The first-order valence-electron chi connectivity index (χ1n) is 9.51. The molecule has 144 valence electrons. The summed E-state index contributed by atoms with van der Waals surface area (Å²) in [5, 5.41) is 3.73. The highest BCUT2D eigenvalue weighted by atomic mass is 35.5. The normalized spacial score (nSPS) is 14.3. The van der Waals surface area contributed by atoms with Crippen LogP contribution in [-0.4, -0.2) is 24.3 Å². The lowest BCUT2D eigenvalue weighted by Crippen LogP contribution is -2.37. The first kappa shape index (κ1) is 20.1. The van der Waals surface area contributed by atoms with E-state index < -0.39 is 6.10 Å². The molecule has 27 heavy (non-hydrogen) atoms. The molecule has 1 aliphatic carbocycles. The quantitative estimate of drug-likeness (QED) is 0.628. The highest BCUT2D eigenvalue weighted by Gasteiger charge is 2.19. The lowest BCUT2D eigenvalue weighted by molar-refractivity contribution is -0.127. The molecule has 5 heteroatoms. The van der Waals surface area contributed by atoms with Crippen LogP contribution >= 0.6 is 23.4 Å². The van der Waals surface area contributed by atoms with Crippen molar-refractivity contribution in [3.63, 3.8) is 0 Å². The van der Waals surface area contributed by atoms with Gasteiger partial charge in [0.15, 0.2) is 6.10 Å². The number of rotatable bonds is 8. The fourth-order valence-electron chi connectivity index (χ4n) is 3.31. The second-order valence-corrected chi connectivity index (χ2v) is 8.38. The number of hydrogen-bond donors (Lipinski definition) is 1. The smallest absolute Gasteiger partial charge is 0.260 e. The molecule has 1 amide bonds. The molecule has 0 spiro atoms. The Morgan fingerprint density at radius 3 is 2.89 bits per heavy atom. The SMILES string of the molecule is C[C@@H](Oc1cccc2c1CCCC2)C(=O)NCCSCc1cccc(Cl)c1. The van der Waals surface area contributed by atoms with Gasteiger partial charge in [0.2, 0.25) is 0 Å². The fourth-order valence-corrected chi connectivity index (χ4v) is 4.33. The van der Waals surface area contributed by atoms with Crippen LogP contribution in [0.2, 0.25) is 5.02 Å². The Morgan fingerprint density at radius 1 is 1.22 bits per heavy atom. The molecule has 0 fully saturated rings. The Balaban J connectivity index is 1.41. The van der Waals surface area contributed by atoms with Crippen molar-refractivity contribution in [2.45, 2.75) is 44.5 Å². The van der Waals surface area contributed by atoms with E-state index in [0.29, 0.717) is 6.54 Å². The third-order valence-corrected chi connectivity index (χ3v) is 5.99. The molecule has 3 nitrogen and oxygen atoms in total. The molecule has 1 aliphatic rings. The zero-order valence-corrected chi connectivity index (χ0v) is 17.2. The number of ether oxygens (including phenoxy) is 1. The average molecular weight is 404 g/mol. The summed E-state index contributed by atoms with van der Waals surface area (Å²) < 4.78 is 5.98. The summed E-state index contributed by atoms with van der Waals surface area (Å²) in [6.45, 7) is 2.45. The van der Waals surface area contributed by atoms with E-state index in [9.17, 15) is 4.79 Å². The molecular weight excluding hydrogens is 378 g/mol. The first-order chi connectivity index (χ1) is 13.1. The van der Waals surface area contributed by atoms with Crippen LogP contribution in [0.3, 0.4) is 0 Å². The van der Waals surface area contributed by atoms with Crippen LogP contribution in [0.5, 0.6) is 5.75 Å². The van der Waals surface area contributed by atoms with Gasteiger partial charge in [0, 0.05) is 23.1 Å². The monoisotopic (exact) mass is 403 g/mol. The van der Waals surface area contributed by atoms with Gasteiger partial charge in [-0.2, -0.15) is 11.8 Å². The third-order valence-electron chi connectivity index (χ3n) is 4.73. The fraction of sp³-hybridized carbons (Fsp3) is 0.409. The minimum Gasteiger partial charge on any atom is -0.481 e. The first-order valence-corrected chi connectivity index (χ1v) is 11.0. The molecule has 0 unspecified atom stereocenters. The van der Waals surface area contributed by atoms with Gasteiger partial charge in [-0.25, -0.2) is 0 Å². The van der Waals surface area contributed by atoms with Gasteiger partial charge in [0.05, 0.1) is 0 Å². The zero-order chi connectivity index (χ0) is 19.1. The largest absolute Gasteiger partial charge is 0.481 e. The van der Waals surface area contributed by atoms with E-state index in [1.54, 1.807) is 11.8 Å². The number of benzene rings is 2. The van der Waals surface area contributed by atoms with Crippen molar-refractivity contribution in [1.82, 2.24) is 5.32 Å². The predicted octanol–water partition coefficient (Wildman–Crippen LogP) is 5.04. The number of nitrogens with one attached hydrogen (secondary N) is 1. The van der Waals surface area contributed by atoms with Crippen LogP contribution in [0.15, 0.2) is 42.5 Å². The van der Waals surface area contributed by atoms with Crippen molar-refractivity contribution in [2.24, 2.45) is 0 Å². The molecule has 0 bridgehead atoms. The number of fused-ring (bicyclic) bond motifs is 1. The summed E-state index contributed by atoms with van der Waals surface area (Å²) in [5.41, 5.74) is 3.84. The van der Waals surface area contributed by atoms with Gasteiger partial charge in [-0.1, -0.05) is 35.9 Å². The average Bonchev–Trinajstić information content (AvgIpc) is 2.68. The van der Waals surface area contributed by atoms with Crippen molar-refractivity contribution in [1.29, 1.82) is 0 Å². The van der Waals surface area contributed by atoms with E-state index >= 15 is 0 Å². The zero-order valence-electron chi connectivity index (χ0n) is 15.7. The molecule has 0 saturated heterocycles. The van der Waals surface area contributed by atoms with Gasteiger partial charge >= 0.3 is 0 Å². The maximum atomic E-state index is 12.3. The molecule has 2 aromatic carbocycles. The summed E-state index contributed by atoms with van der Waals surface area (Å²) in [4.78, 5) is 12.3. The lowest BCUT2D eigenvalue weighted by Gasteiger charge is -2.22. The number of aryl methyl sites for hydroxylation is 1. The molecule has 2 aromatic rings. The lowest BCUT2D eigenvalue weighted by atomic mass is 9.91. The van der Waals surface area contributed by atoms with E-state index in [0.717, 1.165) is 35.1 Å². The van der Waals surface area contributed by atoms with Crippen LogP contribution < -0.4 is 10.1 Å². The Hall–Kier alpha value is -1.65. The van der Waals surface area contributed by atoms with Crippen LogP contribution in [-0.2, 0) is 23.4 Å². The van der Waals surface area contributed by atoms with Crippen LogP contribution in [0.25, 0.3) is 0 Å². The molecule has 0 radical (unpaired) electrons. The summed E-state index contributed by atoms with van der Waals surface area (Å²) in [5.74, 6) is 2.54. The molecule has 0 aromatic heterocycles. The van der Waals surface area contributed by atoms with Gasteiger partial charge < -0.3 is 10.1 Å². The Kier molecular flexibility index (Phi) is 7.48. The third kappa shape index (κ3) is 5.91. The predicted molar refractivity (Wildman–Crippen MR) is 114 cm³/mol. The molecule has 3 rings (SSSR count). The number of amides is 1. The number of carbonyl (C=O) groups excluding carboxylic acids is 1. The minimum atomic E-state index is -0.489. The maximum Gasteiger partial charge on any atom is 0.260 e. The van der Waals surface area contributed by atoms with Crippen molar-refractivity contribution in [2.75, 3.05) is 12.3 Å². The number of carbonyl (C=O) groups is 1. The molecule has 0 saturated carbocycles. The van der Waals surface area contributed by atoms with Gasteiger partial charge in [0.1, 0.15) is 5.75 Å². The summed E-state index contributed by atoms with van der Waals surface area (Å²) in [6.07, 6.45) is 4.09. The van der Waals surface area contributed by atoms with E-state index in [1.165, 1.54) is 29.5 Å². The molecule has 1 atom stereocenters. The van der Waals surface area contributed by atoms with Gasteiger partial charge in [-0.15, -0.1) is 0 Å². The Labute approximate surface area is 170 Å². The van der Waals surface area contributed by atoms with E-state index in [4.69, 9.17) is 16.3 Å². The Morgan fingerprint density at radius 2 is 2.04 bits per heavy atom. The highest BCUT2D eigenvalue weighted by Crippen LogP contribution is 2.30. The van der Waals surface area contributed by atoms with E-state index in [-0.39, 0.29) is 5.91 Å². The van der Waals surface area contributed by atoms with Crippen molar-refractivity contribution < 1.29 is 9.53 Å². The molecule has 0 aliphatic heterocycles. The minimum absolute atomic E-state index is 0.0632. The summed E-state index contributed by atoms with van der Waals surface area (Å²) in [7, 11) is 0. The van der Waals surface area contributed by atoms with Crippen LogP contribution in [0, 0.1) is 0 Å². The highest BCUT2D eigenvalue weighted by molar-refractivity contribution is 7.98. The van der Waals surface area contributed by atoms with E-state index in [1.807, 2.05) is 37.3 Å². The van der Waals surface area contributed by atoms with Crippen LogP contribution in [0.1, 0.15) is 36.5 Å². The second kappa shape index (κ2) is 10.0. The number of halogens is 1. The van der Waals surface area contributed by atoms with Gasteiger partial charge in [0.25, 0.3) is 5.91 Å². The summed E-state index contributed by atoms with van der Waals surface area (Å²) in [6, 6.07) is 14.1. The van der Waals surface area contributed by atoms with Gasteiger partial charge in [-0.05, 0) is 67.5 Å². The topological polar surface area (TPSA) is 38.3 Å². The number of thioether (sulfide) groups is 1. The molecule has 1 N–H and O–H groups in total. The van der Waals surface area contributed by atoms with Crippen molar-refractivity contribution >= 4 is 29.3 Å². The van der Waals surface area contributed by atoms with Crippen molar-refractivity contribution in [3.8, 4) is 5.75 Å². The Bertz CT molecular complexity index is 781. The molecular formula is C22H26ClNO2S. The summed E-state index contributed by atoms with van der Waals surface area (Å²) >= 11 is 7.77. The van der Waals surface area contributed by atoms with E-state index in [2.05, 4.69) is 17.4 Å².